The van der Waals surface area contributed by atoms with Gasteiger partial charge in [-0.1, -0.05) is 0 Å². The Balaban J connectivity index is 2.22. The van der Waals surface area contributed by atoms with Crippen molar-refractivity contribution in [1.82, 2.24) is 15.2 Å². The maximum absolute atomic E-state index is 5.67. The first-order chi connectivity index (χ1) is 8.24. The van der Waals surface area contributed by atoms with E-state index in [9.17, 15) is 0 Å². The monoisotopic (exact) mass is 250 g/mol. The minimum Gasteiger partial charge on any atom is -0.271 e. The highest BCUT2D eigenvalue weighted by Gasteiger charge is 2.16. The third-order valence-corrected chi connectivity index (χ3v) is 3.54. The highest BCUT2D eigenvalue weighted by atomic mass is 32.1. The van der Waals surface area contributed by atoms with Gasteiger partial charge in [-0.15, -0.1) is 0 Å². The Labute approximate surface area is 105 Å². The summed E-state index contributed by atoms with van der Waals surface area (Å²) in [6, 6.07) is 4.35. The molecule has 0 fully saturated rings. The second-order valence-electron chi connectivity index (χ2n) is 4.08. The first-order valence-electron chi connectivity index (χ1n) is 5.76. The molecule has 4 nitrogen and oxygen atoms in total. The van der Waals surface area contributed by atoms with Crippen LogP contribution in [0.25, 0.3) is 0 Å². The lowest BCUT2D eigenvalue weighted by Gasteiger charge is -2.16. The van der Waals surface area contributed by atoms with Crippen molar-refractivity contribution in [3.63, 3.8) is 0 Å². The maximum atomic E-state index is 5.67. The van der Waals surface area contributed by atoms with Crippen LogP contribution in [0.5, 0.6) is 0 Å². The SMILES string of the molecule is CCn1nc(C)cc1C(Cc1ccsc1)NN. The Morgan fingerprint density at radius 3 is 3.00 bits per heavy atom. The van der Waals surface area contributed by atoms with E-state index in [4.69, 9.17) is 5.84 Å². The minimum absolute atomic E-state index is 0.116. The van der Waals surface area contributed by atoms with Gasteiger partial charge in [0, 0.05) is 6.54 Å². The predicted octanol–water partition coefficient (Wildman–Crippen LogP) is 2.02. The zero-order chi connectivity index (χ0) is 12.3. The molecule has 0 radical (unpaired) electrons. The van der Waals surface area contributed by atoms with Gasteiger partial charge in [0.05, 0.1) is 17.4 Å². The van der Waals surface area contributed by atoms with Crippen molar-refractivity contribution < 1.29 is 0 Å². The lowest BCUT2D eigenvalue weighted by Crippen LogP contribution is -2.31. The van der Waals surface area contributed by atoms with Crippen molar-refractivity contribution in [1.29, 1.82) is 0 Å². The molecule has 0 aliphatic rings. The van der Waals surface area contributed by atoms with Gasteiger partial charge < -0.3 is 0 Å². The number of hydrogen-bond donors (Lipinski definition) is 2. The molecule has 0 aliphatic heterocycles. The van der Waals surface area contributed by atoms with Gasteiger partial charge in [0.1, 0.15) is 0 Å². The molecule has 2 aromatic rings. The van der Waals surface area contributed by atoms with Crippen LogP contribution < -0.4 is 11.3 Å². The van der Waals surface area contributed by atoms with Crippen molar-refractivity contribution >= 4 is 11.3 Å². The molecule has 1 atom stereocenters. The number of nitrogens with one attached hydrogen (secondary N) is 1. The fourth-order valence-electron chi connectivity index (χ4n) is 1.99. The Hall–Kier alpha value is -1.17. The third-order valence-electron chi connectivity index (χ3n) is 2.81. The summed E-state index contributed by atoms with van der Waals surface area (Å²) in [5.41, 5.74) is 6.38. The van der Waals surface area contributed by atoms with Gasteiger partial charge in [-0.25, -0.2) is 0 Å². The number of rotatable bonds is 5. The van der Waals surface area contributed by atoms with Gasteiger partial charge in [-0.05, 0) is 48.7 Å². The molecule has 0 saturated heterocycles. The van der Waals surface area contributed by atoms with Crippen LogP contribution in [-0.4, -0.2) is 9.78 Å². The van der Waals surface area contributed by atoms with E-state index in [0.29, 0.717) is 0 Å². The van der Waals surface area contributed by atoms with Crippen molar-refractivity contribution in [2.75, 3.05) is 0 Å². The number of hydrazine groups is 1. The number of thiophene rings is 1. The van der Waals surface area contributed by atoms with Gasteiger partial charge in [-0.3, -0.25) is 16.0 Å². The smallest absolute Gasteiger partial charge is 0.0669 e. The molecular formula is C12H18N4S. The molecule has 3 N–H and O–H groups in total. The number of aryl methyl sites for hydroxylation is 2. The van der Waals surface area contributed by atoms with Crippen LogP contribution in [0.2, 0.25) is 0 Å². The molecule has 2 rings (SSSR count). The first kappa shape index (κ1) is 12.3. The fourth-order valence-corrected chi connectivity index (χ4v) is 2.67. The van der Waals surface area contributed by atoms with Crippen LogP contribution in [0.3, 0.4) is 0 Å². The van der Waals surface area contributed by atoms with Crippen molar-refractivity contribution in [3.05, 3.63) is 39.8 Å². The average Bonchev–Trinajstić information content (AvgIpc) is 2.94. The molecule has 1 unspecified atom stereocenters. The molecule has 0 amide bonds. The van der Waals surface area contributed by atoms with Crippen LogP contribution in [-0.2, 0) is 13.0 Å². The van der Waals surface area contributed by atoms with Gasteiger partial charge in [0.15, 0.2) is 0 Å². The van der Waals surface area contributed by atoms with E-state index in [-0.39, 0.29) is 6.04 Å². The summed E-state index contributed by atoms with van der Waals surface area (Å²) in [5.74, 6) is 5.67. The summed E-state index contributed by atoms with van der Waals surface area (Å²) in [4.78, 5) is 0. The lowest BCUT2D eigenvalue weighted by atomic mass is 10.1. The van der Waals surface area contributed by atoms with Crippen LogP contribution in [0.4, 0.5) is 0 Å². The summed E-state index contributed by atoms with van der Waals surface area (Å²) < 4.78 is 2.01. The number of hydrogen-bond acceptors (Lipinski definition) is 4. The summed E-state index contributed by atoms with van der Waals surface area (Å²) in [6.07, 6.45) is 0.894. The van der Waals surface area contributed by atoms with Crippen molar-refractivity contribution in [3.8, 4) is 0 Å². The van der Waals surface area contributed by atoms with E-state index < -0.39 is 0 Å². The minimum atomic E-state index is 0.116. The van der Waals surface area contributed by atoms with Gasteiger partial charge in [0.25, 0.3) is 0 Å². The van der Waals surface area contributed by atoms with Crippen LogP contribution in [0.15, 0.2) is 22.9 Å². The van der Waals surface area contributed by atoms with E-state index in [1.54, 1.807) is 11.3 Å². The highest BCUT2D eigenvalue weighted by molar-refractivity contribution is 7.07. The van der Waals surface area contributed by atoms with E-state index in [0.717, 1.165) is 24.4 Å². The maximum Gasteiger partial charge on any atom is 0.0669 e. The Morgan fingerprint density at radius 1 is 1.59 bits per heavy atom. The van der Waals surface area contributed by atoms with Crippen molar-refractivity contribution in [2.24, 2.45) is 5.84 Å². The quantitative estimate of drug-likeness (QED) is 0.630. The molecule has 0 aliphatic carbocycles. The van der Waals surface area contributed by atoms with E-state index in [1.165, 1.54) is 5.56 Å². The number of nitrogens with two attached hydrogens (primary N) is 1. The van der Waals surface area contributed by atoms with Gasteiger partial charge >= 0.3 is 0 Å². The molecule has 0 bridgehead atoms. The summed E-state index contributed by atoms with van der Waals surface area (Å²) in [5, 5.41) is 8.70. The third kappa shape index (κ3) is 2.74. The zero-order valence-electron chi connectivity index (χ0n) is 10.2. The molecule has 5 heteroatoms. The van der Waals surface area contributed by atoms with Crippen LogP contribution in [0, 0.1) is 6.92 Å². The van der Waals surface area contributed by atoms with Crippen LogP contribution in [0.1, 0.15) is 29.9 Å². The summed E-state index contributed by atoms with van der Waals surface area (Å²) in [7, 11) is 0. The topological polar surface area (TPSA) is 55.9 Å². The predicted molar refractivity (Wildman–Crippen MR) is 70.7 cm³/mol. The lowest BCUT2D eigenvalue weighted by molar-refractivity contribution is 0.490. The summed E-state index contributed by atoms with van der Waals surface area (Å²) >= 11 is 1.71. The second-order valence-corrected chi connectivity index (χ2v) is 4.86. The molecule has 0 aromatic carbocycles. The normalized spacial score (nSPS) is 12.9. The standard InChI is InChI=1S/C12H18N4S/c1-3-16-12(6-9(2)15-16)11(14-13)7-10-4-5-17-8-10/h4-6,8,11,14H,3,7,13H2,1-2H3. The van der Waals surface area contributed by atoms with E-state index >= 15 is 0 Å². The molecular weight excluding hydrogens is 232 g/mol. The largest absolute Gasteiger partial charge is 0.271 e. The molecule has 2 aromatic heterocycles. The Morgan fingerprint density at radius 2 is 2.41 bits per heavy atom. The number of aromatic nitrogens is 2. The summed E-state index contributed by atoms with van der Waals surface area (Å²) in [6.45, 7) is 4.97. The zero-order valence-corrected chi connectivity index (χ0v) is 11.0. The van der Waals surface area contributed by atoms with E-state index in [2.05, 4.69) is 40.3 Å². The van der Waals surface area contributed by atoms with E-state index in [1.807, 2.05) is 11.6 Å². The molecule has 0 saturated carbocycles. The van der Waals surface area contributed by atoms with Gasteiger partial charge in [-0.2, -0.15) is 16.4 Å². The number of nitrogens with zero attached hydrogens (tertiary/aromatic N) is 2. The Kier molecular flexibility index (Phi) is 3.93. The van der Waals surface area contributed by atoms with Crippen LogP contribution >= 0.6 is 11.3 Å². The highest BCUT2D eigenvalue weighted by Crippen LogP contribution is 2.20. The molecule has 0 spiro atoms. The fraction of sp³-hybridized carbons (Fsp3) is 0.417. The molecule has 2 heterocycles. The van der Waals surface area contributed by atoms with Crippen molar-refractivity contribution in [2.45, 2.75) is 32.9 Å². The average molecular weight is 250 g/mol. The Bertz CT molecular complexity index is 461. The van der Waals surface area contributed by atoms with Gasteiger partial charge in [0.2, 0.25) is 0 Å². The molecule has 17 heavy (non-hydrogen) atoms. The first-order valence-corrected chi connectivity index (χ1v) is 6.70. The second kappa shape index (κ2) is 5.44. The molecule has 92 valence electrons.